The van der Waals surface area contributed by atoms with Crippen LogP contribution in [0.1, 0.15) is 13.8 Å². The van der Waals surface area contributed by atoms with Crippen LogP contribution >= 0.6 is 0 Å². The molecule has 0 amide bonds. The summed E-state index contributed by atoms with van der Waals surface area (Å²) >= 11 is 0. The normalized spacial score (nSPS) is 38.6. The summed E-state index contributed by atoms with van der Waals surface area (Å²) in [5.74, 6) is 0.383. The van der Waals surface area contributed by atoms with Crippen LogP contribution in [0.15, 0.2) is 0 Å². The Hall–Kier alpha value is -0.200. The molecule has 0 radical (unpaired) electrons. The smallest absolute Gasteiger partial charge is 0.109 e. The van der Waals surface area contributed by atoms with Crippen LogP contribution in [0.5, 0.6) is 0 Å². The van der Waals surface area contributed by atoms with Crippen molar-refractivity contribution in [1.82, 2.24) is 4.90 Å². The third-order valence-electron chi connectivity index (χ3n) is 2.82. The zero-order valence-corrected chi connectivity index (χ0v) is 9.24. The van der Waals surface area contributed by atoms with Crippen LogP contribution in [0, 0.1) is 5.92 Å². The predicted octanol–water partition coefficient (Wildman–Crippen LogP) is -1.60. The van der Waals surface area contributed by atoms with Crippen molar-refractivity contribution in [3.05, 3.63) is 0 Å². The van der Waals surface area contributed by atoms with Crippen molar-refractivity contribution in [1.29, 1.82) is 0 Å². The lowest BCUT2D eigenvalue weighted by Crippen LogP contribution is -2.62. The minimum absolute atomic E-state index is 0.211. The number of piperidine rings is 1. The second-order valence-corrected chi connectivity index (χ2v) is 4.65. The largest absolute Gasteiger partial charge is 0.395 e. The molecule has 0 aromatic carbocycles. The van der Waals surface area contributed by atoms with Gasteiger partial charge in [-0.15, -0.1) is 0 Å². The average molecular weight is 219 g/mol. The maximum atomic E-state index is 9.68. The third-order valence-corrected chi connectivity index (χ3v) is 2.82. The van der Waals surface area contributed by atoms with Gasteiger partial charge in [0.25, 0.3) is 0 Å². The highest BCUT2D eigenvalue weighted by atomic mass is 16.4. The second kappa shape index (κ2) is 5.23. The molecule has 0 aromatic heterocycles. The highest BCUT2D eigenvalue weighted by Gasteiger charge is 2.40. The number of hydrogen-bond acceptors (Lipinski definition) is 5. The molecule has 1 rings (SSSR count). The molecule has 15 heavy (non-hydrogen) atoms. The van der Waals surface area contributed by atoms with Gasteiger partial charge >= 0.3 is 0 Å². The highest BCUT2D eigenvalue weighted by Crippen LogP contribution is 2.19. The van der Waals surface area contributed by atoms with Gasteiger partial charge in [-0.1, -0.05) is 13.8 Å². The van der Waals surface area contributed by atoms with E-state index >= 15 is 0 Å². The Labute approximate surface area is 90.0 Å². The molecule has 0 aliphatic carbocycles. The lowest BCUT2D eigenvalue weighted by Gasteiger charge is -2.43. The molecule has 0 unspecified atom stereocenters. The van der Waals surface area contributed by atoms with Gasteiger partial charge in [-0.2, -0.15) is 0 Å². The number of rotatable bonds is 3. The number of hydrogen-bond donors (Lipinski definition) is 4. The van der Waals surface area contributed by atoms with E-state index in [9.17, 15) is 15.3 Å². The molecule has 0 bridgehead atoms. The van der Waals surface area contributed by atoms with Gasteiger partial charge < -0.3 is 20.4 Å². The van der Waals surface area contributed by atoms with Gasteiger partial charge in [-0.05, 0) is 5.92 Å². The first-order valence-corrected chi connectivity index (χ1v) is 5.36. The first-order valence-electron chi connectivity index (χ1n) is 5.36. The van der Waals surface area contributed by atoms with Crippen LogP contribution in [0.2, 0.25) is 0 Å². The maximum absolute atomic E-state index is 9.68. The summed E-state index contributed by atoms with van der Waals surface area (Å²) < 4.78 is 0. The Morgan fingerprint density at radius 1 is 1.20 bits per heavy atom. The minimum atomic E-state index is -1.16. The fourth-order valence-corrected chi connectivity index (χ4v) is 2.06. The Balaban J connectivity index is 2.68. The molecule has 0 saturated carbocycles. The fraction of sp³-hybridized carbons (Fsp3) is 1.00. The van der Waals surface area contributed by atoms with Crippen LogP contribution in [0.4, 0.5) is 0 Å². The average Bonchev–Trinajstić information content (AvgIpc) is 2.14. The molecule has 5 nitrogen and oxygen atoms in total. The van der Waals surface area contributed by atoms with Crippen molar-refractivity contribution in [3.8, 4) is 0 Å². The van der Waals surface area contributed by atoms with E-state index in [1.807, 2.05) is 18.7 Å². The molecule has 1 aliphatic rings. The van der Waals surface area contributed by atoms with Gasteiger partial charge in [0.05, 0.1) is 18.8 Å². The van der Waals surface area contributed by atoms with E-state index in [2.05, 4.69) is 0 Å². The number of nitrogens with zero attached hydrogens (tertiary/aromatic N) is 1. The van der Waals surface area contributed by atoms with Crippen LogP contribution in [0.25, 0.3) is 0 Å². The van der Waals surface area contributed by atoms with E-state index in [1.165, 1.54) is 0 Å². The molecule has 5 heteroatoms. The molecule has 90 valence electrons. The highest BCUT2D eigenvalue weighted by molar-refractivity contribution is 4.94. The molecule has 1 saturated heterocycles. The molecule has 0 spiro atoms. The standard InChI is InChI=1S/C10H21NO4/c1-6(2)3-11-4-8(13)10(15)9(14)7(11)5-12/h6-10,12-15H,3-5H2,1-2H3/t7-,8+,9+,10-/m1/s1. The van der Waals surface area contributed by atoms with E-state index in [0.717, 1.165) is 0 Å². The maximum Gasteiger partial charge on any atom is 0.109 e. The Kier molecular flexibility index (Phi) is 4.48. The molecular weight excluding hydrogens is 198 g/mol. The number of likely N-dealkylation sites (tertiary alicyclic amines) is 1. The molecule has 4 atom stereocenters. The second-order valence-electron chi connectivity index (χ2n) is 4.65. The fourth-order valence-electron chi connectivity index (χ4n) is 2.06. The SMILES string of the molecule is CC(C)CN1C[C@H](O)[C@@H](O)[C@@H](O)[C@H]1CO. The summed E-state index contributed by atoms with van der Waals surface area (Å²) in [6.07, 6.45) is -3.19. The van der Waals surface area contributed by atoms with Crippen molar-refractivity contribution in [2.45, 2.75) is 38.2 Å². The summed E-state index contributed by atoms with van der Waals surface area (Å²) in [6.45, 7) is 4.82. The Morgan fingerprint density at radius 2 is 1.80 bits per heavy atom. The molecule has 4 N–H and O–H groups in total. The van der Waals surface area contributed by atoms with Crippen LogP contribution in [0.3, 0.4) is 0 Å². The van der Waals surface area contributed by atoms with Crippen LogP contribution < -0.4 is 0 Å². The van der Waals surface area contributed by atoms with Crippen molar-refractivity contribution in [2.24, 2.45) is 5.92 Å². The first-order chi connectivity index (χ1) is 6.97. The summed E-state index contributed by atoms with van der Waals surface area (Å²) in [7, 11) is 0. The number of aliphatic hydroxyl groups excluding tert-OH is 4. The molecule has 1 heterocycles. The molecular formula is C10H21NO4. The van der Waals surface area contributed by atoms with Crippen molar-refractivity contribution in [3.63, 3.8) is 0 Å². The summed E-state index contributed by atoms with van der Waals surface area (Å²) in [5, 5.41) is 37.8. The number of aliphatic hydroxyl groups is 4. The van der Waals surface area contributed by atoms with E-state index in [-0.39, 0.29) is 6.61 Å². The monoisotopic (exact) mass is 219 g/mol. The number of β-amino-alcohol motifs (C(OH)–C–C–N with tert-alkyl or cyclic N) is 1. The third kappa shape index (κ3) is 2.89. The molecule has 1 aliphatic heterocycles. The first kappa shape index (κ1) is 12.9. The zero-order valence-electron chi connectivity index (χ0n) is 9.24. The lowest BCUT2D eigenvalue weighted by molar-refractivity contribution is -0.146. The van der Waals surface area contributed by atoms with Crippen molar-refractivity contribution in [2.75, 3.05) is 19.7 Å². The summed E-state index contributed by atoms with van der Waals surface area (Å²) in [6, 6.07) is -0.481. The Morgan fingerprint density at radius 3 is 2.27 bits per heavy atom. The van der Waals surface area contributed by atoms with Crippen LogP contribution in [-0.2, 0) is 0 Å². The van der Waals surface area contributed by atoms with E-state index < -0.39 is 24.4 Å². The minimum Gasteiger partial charge on any atom is -0.395 e. The predicted molar refractivity (Wildman–Crippen MR) is 55.3 cm³/mol. The van der Waals surface area contributed by atoms with E-state index in [0.29, 0.717) is 19.0 Å². The van der Waals surface area contributed by atoms with E-state index in [4.69, 9.17) is 5.11 Å². The lowest BCUT2D eigenvalue weighted by atomic mass is 9.93. The molecule has 1 fully saturated rings. The van der Waals surface area contributed by atoms with Gasteiger partial charge in [0, 0.05) is 13.1 Å². The van der Waals surface area contributed by atoms with Gasteiger partial charge in [0.15, 0.2) is 0 Å². The van der Waals surface area contributed by atoms with Crippen LogP contribution in [-0.4, -0.2) is 69.4 Å². The van der Waals surface area contributed by atoms with Crippen molar-refractivity contribution < 1.29 is 20.4 Å². The molecule has 0 aromatic rings. The van der Waals surface area contributed by atoms with Gasteiger partial charge in [0.2, 0.25) is 0 Å². The summed E-state index contributed by atoms with van der Waals surface area (Å²) in [4.78, 5) is 1.83. The summed E-state index contributed by atoms with van der Waals surface area (Å²) in [5.41, 5.74) is 0. The topological polar surface area (TPSA) is 84.2 Å². The van der Waals surface area contributed by atoms with Gasteiger partial charge in [-0.3, -0.25) is 4.90 Å². The van der Waals surface area contributed by atoms with Gasteiger partial charge in [0.1, 0.15) is 12.2 Å². The van der Waals surface area contributed by atoms with Crippen molar-refractivity contribution >= 4 is 0 Å². The van der Waals surface area contributed by atoms with Gasteiger partial charge in [-0.25, -0.2) is 0 Å². The van der Waals surface area contributed by atoms with E-state index in [1.54, 1.807) is 0 Å². The quantitative estimate of drug-likeness (QED) is 0.459. The zero-order chi connectivity index (χ0) is 11.6. The Bertz CT molecular complexity index is 200.